The molecule has 0 aromatic heterocycles. The first-order valence-electron chi connectivity index (χ1n) is 6.46. The number of urea groups is 1. The molecule has 1 heterocycles. The van der Waals surface area contributed by atoms with Crippen molar-refractivity contribution in [2.45, 2.75) is 25.3 Å². The number of amides is 2. The van der Waals surface area contributed by atoms with Crippen LogP contribution in [0.4, 0.5) is 4.79 Å². The Kier molecular flexibility index (Phi) is 6.02. The largest absolute Gasteiger partial charge is 0.480 e. The number of ether oxygens (including phenoxy) is 1. The van der Waals surface area contributed by atoms with Crippen LogP contribution in [0.25, 0.3) is 0 Å². The molecular formula is C13H20N2O5. The van der Waals surface area contributed by atoms with Crippen molar-refractivity contribution in [2.75, 3.05) is 20.2 Å². The Bertz CT molecular complexity index is 388. The fraction of sp³-hybridized carbons (Fsp3) is 0.615. The number of nitrogens with one attached hydrogen (secondary N) is 1. The second-order valence-corrected chi connectivity index (χ2v) is 4.65. The van der Waals surface area contributed by atoms with Crippen molar-refractivity contribution in [3.63, 3.8) is 0 Å². The molecule has 1 unspecified atom stereocenters. The molecule has 20 heavy (non-hydrogen) atoms. The summed E-state index contributed by atoms with van der Waals surface area (Å²) in [7, 11) is 1.34. The van der Waals surface area contributed by atoms with E-state index >= 15 is 0 Å². The zero-order valence-electron chi connectivity index (χ0n) is 11.5. The number of methoxy groups -OCH3 is 1. The summed E-state index contributed by atoms with van der Waals surface area (Å²) >= 11 is 0. The Balaban J connectivity index is 2.48. The molecule has 0 bridgehead atoms. The third-order valence-corrected chi connectivity index (χ3v) is 3.31. The number of esters is 1. The standard InChI is InChI=1S/C13H20N2O5/c1-3-4-10(11(16)17)14-13(19)15-7-5-9(6-8-15)12(18)20-2/h3,9-10H,1,4-8H2,2H3,(H,14,19)(H,16,17). The predicted octanol–water partition coefficient (Wildman–Crippen LogP) is 0.610. The molecule has 2 amide bonds. The number of piperidine rings is 1. The molecule has 7 heteroatoms. The lowest BCUT2D eigenvalue weighted by Gasteiger charge is -2.31. The molecule has 7 nitrogen and oxygen atoms in total. The second kappa shape index (κ2) is 7.52. The first-order valence-corrected chi connectivity index (χ1v) is 6.46. The fourth-order valence-electron chi connectivity index (χ4n) is 2.11. The number of hydrogen-bond donors (Lipinski definition) is 2. The molecule has 1 saturated heterocycles. The molecule has 112 valence electrons. The minimum Gasteiger partial charge on any atom is -0.480 e. The Morgan fingerprint density at radius 2 is 2.05 bits per heavy atom. The Hall–Kier alpha value is -2.05. The molecule has 0 aromatic carbocycles. The van der Waals surface area contributed by atoms with Crippen molar-refractivity contribution < 1.29 is 24.2 Å². The lowest BCUT2D eigenvalue weighted by Crippen LogP contribution is -2.50. The van der Waals surface area contributed by atoms with Crippen molar-refractivity contribution in [3.05, 3.63) is 12.7 Å². The van der Waals surface area contributed by atoms with E-state index in [0.29, 0.717) is 25.9 Å². The topological polar surface area (TPSA) is 95.9 Å². The van der Waals surface area contributed by atoms with Crippen LogP contribution in [-0.2, 0) is 14.3 Å². The first-order chi connectivity index (χ1) is 9.49. The zero-order chi connectivity index (χ0) is 15.1. The van der Waals surface area contributed by atoms with Crippen molar-refractivity contribution in [1.82, 2.24) is 10.2 Å². The molecule has 1 aliphatic rings. The van der Waals surface area contributed by atoms with E-state index in [2.05, 4.69) is 16.6 Å². The number of carboxylic acid groups (broad SMARTS) is 1. The van der Waals surface area contributed by atoms with Crippen molar-refractivity contribution in [2.24, 2.45) is 5.92 Å². The summed E-state index contributed by atoms with van der Waals surface area (Å²) < 4.78 is 4.67. The number of hydrogen-bond acceptors (Lipinski definition) is 4. The maximum atomic E-state index is 11.9. The summed E-state index contributed by atoms with van der Waals surface area (Å²) in [6.07, 6.45) is 2.67. The first kappa shape index (κ1) is 16.0. The van der Waals surface area contributed by atoms with Crippen LogP contribution in [0, 0.1) is 5.92 Å². The van der Waals surface area contributed by atoms with E-state index in [0.717, 1.165) is 0 Å². The Morgan fingerprint density at radius 1 is 1.45 bits per heavy atom. The van der Waals surface area contributed by atoms with Crippen LogP contribution in [0.1, 0.15) is 19.3 Å². The van der Waals surface area contributed by atoms with Crippen LogP contribution in [0.15, 0.2) is 12.7 Å². The number of carbonyl (C=O) groups is 3. The molecular weight excluding hydrogens is 264 g/mol. The van der Waals surface area contributed by atoms with Crippen LogP contribution >= 0.6 is 0 Å². The summed E-state index contributed by atoms with van der Waals surface area (Å²) in [5.74, 6) is -1.55. The molecule has 1 atom stereocenters. The summed E-state index contributed by atoms with van der Waals surface area (Å²) in [5, 5.41) is 11.4. The van der Waals surface area contributed by atoms with E-state index < -0.39 is 18.0 Å². The second-order valence-electron chi connectivity index (χ2n) is 4.65. The predicted molar refractivity (Wildman–Crippen MR) is 71.1 cm³/mol. The molecule has 0 radical (unpaired) electrons. The lowest BCUT2D eigenvalue weighted by molar-refractivity contribution is -0.146. The fourth-order valence-corrected chi connectivity index (χ4v) is 2.11. The van der Waals surface area contributed by atoms with Gasteiger partial charge in [-0.1, -0.05) is 6.08 Å². The maximum absolute atomic E-state index is 11.9. The molecule has 1 rings (SSSR count). The van der Waals surface area contributed by atoms with Crippen molar-refractivity contribution in [3.8, 4) is 0 Å². The molecule has 2 N–H and O–H groups in total. The van der Waals surface area contributed by atoms with Crippen LogP contribution in [0.5, 0.6) is 0 Å². The van der Waals surface area contributed by atoms with Crippen LogP contribution in [-0.4, -0.2) is 54.2 Å². The van der Waals surface area contributed by atoms with E-state index in [-0.39, 0.29) is 18.3 Å². The molecule has 1 fully saturated rings. The summed E-state index contributed by atoms with van der Waals surface area (Å²) in [6, 6.07) is -1.40. The molecule has 0 saturated carbocycles. The third-order valence-electron chi connectivity index (χ3n) is 3.31. The van der Waals surface area contributed by atoms with Crippen LogP contribution in [0.3, 0.4) is 0 Å². The van der Waals surface area contributed by atoms with E-state index in [1.165, 1.54) is 18.1 Å². The van der Waals surface area contributed by atoms with Crippen molar-refractivity contribution >= 4 is 18.0 Å². The van der Waals surface area contributed by atoms with E-state index in [9.17, 15) is 14.4 Å². The van der Waals surface area contributed by atoms with Gasteiger partial charge in [0.15, 0.2) is 0 Å². The Morgan fingerprint density at radius 3 is 2.50 bits per heavy atom. The van der Waals surface area contributed by atoms with Gasteiger partial charge in [-0.15, -0.1) is 6.58 Å². The minimum absolute atomic E-state index is 0.166. The van der Waals surface area contributed by atoms with E-state index in [1.54, 1.807) is 0 Å². The van der Waals surface area contributed by atoms with Crippen molar-refractivity contribution in [1.29, 1.82) is 0 Å². The van der Waals surface area contributed by atoms with Gasteiger partial charge in [-0.05, 0) is 19.3 Å². The van der Waals surface area contributed by atoms with Gasteiger partial charge in [0.1, 0.15) is 6.04 Å². The SMILES string of the molecule is C=CCC(NC(=O)N1CCC(C(=O)OC)CC1)C(=O)O. The average Bonchev–Trinajstić information content (AvgIpc) is 2.45. The van der Waals surface area contributed by atoms with Gasteiger partial charge in [0, 0.05) is 13.1 Å². The number of nitrogens with zero attached hydrogens (tertiary/aromatic N) is 1. The summed E-state index contributed by atoms with van der Waals surface area (Å²) in [5.41, 5.74) is 0. The zero-order valence-corrected chi connectivity index (χ0v) is 11.5. The highest BCUT2D eigenvalue weighted by atomic mass is 16.5. The smallest absolute Gasteiger partial charge is 0.326 e. The van der Waals surface area contributed by atoms with Gasteiger partial charge in [0.2, 0.25) is 0 Å². The monoisotopic (exact) mass is 284 g/mol. The normalized spacial score (nSPS) is 17.1. The molecule has 0 aromatic rings. The van der Waals surface area contributed by atoms with Gasteiger partial charge < -0.3 is 20.1 Å². The van der Waals surface area contributed by atoms with Gasteiger partial charge in [0.05, 0.1) is 13.0 Å². The number of rotatable bonds is 5. The molecule has 0 aliphatic carbocycles. The average molecular weight is 284 g/mol. The van der Waals surface area contributed by atoms with E-state index in [1.807, 2.05) is 0 Å². The molecule has 1 aliphatic heterocycles. The van der Waals surface area contributed by atoms with Gasteiger partial charge >= 0.3 is 18.0 Å². The maximum Gasteiger partial charge on any atom is 0.326 e. The summed E-state index contributed by atoms with van der Waals surface area (Å²) in [4.78, 5) is 35.8. The summed E-state index contributed by atoms with van der Waals surface area (Å²) in [6.45, 7) is 4.28. The van der Waals surface area contributed by atoms with Crippen LogP contribution < -0.4 is 5.32 Å². The van der Waals surface area contributed by atoms with Crippen LogP contribution in [0.2, 0.25) is 0 Å². The minimum atomic E-state index is -1.09. The van der Waals surface area contributed by atoms with Gasteiger partial charge in [-0.3, -0.25) is 4.79 Å². The molecule has 0 spiro atoms. The quantitative estimate of drug-likeness (QED) is 0.569. The highest BCUT2D eigenvalue weighted by Crippen LogP contribution is 2.18. The lowest BCUT2D eigenvalue weighted by atomic mass is 9.97. The number of carbonyl (C=O) groups excluding carboxylic acids is 2. The third kappa shape index (κ3) is 4.25. The number of carboxylic acids is 1. The highest BCUT2D eigenvalue weighted by molar-refractivity contribution is 5.83. The van der Waals surface area contributed by atoms with Gasteiger partial charge in [-0.2, -0.15) is 0 Å². The number of likely N-dealkylation sites (tertiary alicyclic amines) is 1. The number of aliphatic carboxylic acids is 1. The van der Waals surface area contributed by atoms with E-state index in [4.69, 9.17) is 5.11 Å². The highest BCUT2D eigenvalue weighted by Gasteiger charge is 2.29. The Labute approximate surface area is 117 Å². The van der Waals surface area contributed by atoms with Gasteiger partial charge in [-0.25, -0.2) is 9.59 Å². The van der Waals surface area contributed by atoms with Gasteiger partial charge in [0.25, 0.3) is 0 Å².